The minimum Gasteiger partial charge on any atom is -0.493 e. The van der Waals surface area contributed by atoms with E-state index in [1.807, 2.05) is 22.9 Å². The molecule has 0 radical (unpaired) electrons. The summed E-state index contributed by atoms with van der Waals surface area (Å²) in [5.41, 5.74) is 0.751. The summed E-state index contributed by atoms with van der Waals surface area (Å²) >= 11 is 3.25. The molecule has 2 rings (SSSR count). The molecule has 0 N–H and O–H groups in total. The number of hydrogen-bond acceptors (Lipinski definition) is 4. The minimum absolute atomic E-state index is 0.751. The van der Waals surface area contributed by atoms with E-state index in [9.17, 15) is 0 Å². The molecule has 0 unspecified atom stereocenters. The monoisotopic (exact) mass is 291 g/mol. The summed E-state index contributed by atoms with van der Waals surface area (Å²) in [6.07, 6.45) is 4.87. The van der Waals surface area contributed by atoms with Crippen molar-refractivity contribution in [3.05, 3.63) is 28.5 Å². The van der Waals surface area contributed by atoms with E-state index in [0.717, 1.165) is 34.1 Å². The molecule has 0 bridgehead atoms. The number of rotatable bonds is 7. The molecule has 2 nitrogen and oxygen atoms in total. The third-order valence-electron chi connectivity index (χ3n) is 2.85. The Morgan fingerprint density at radius 1 is 1.26 bits per heavy atom. The zero-order valence-corrected chi connectivity index (χ0v) is 12.6. The maximum absolute atomic E-state index is 9.03. The van der Waals surface area contributed by atoms with E-state index in [1.54, 1.807) is 22.7 Å². The average molecular weight is 291 g/mol. The molecule has 0 fully saturated rings. The van der Waals surface area contributed by atoms with Crippen molar-refractivity contribution in [1.29, 1.82) is 5.26 Å². The number of nitrogens with zero attached hydrogens (tertiary/aromatic N) is 1. The quantitative estimate of drug-likeness (QED) is 0.648. The second-order valence-electron chi connectivity index (χ2n) is 4.33. The van der Waals surface area contributed by atoms with Crippen molar-refractivity contribution in [1.82, 2.24) is 0 Å². The van der Waals surface area contributed by atoms with Gasteiger partial charge in [-0.3, -0.25) is 0 Å². The van der Waals surface area contributed by atoms with Crippen LogP contribution in [0.3, 0.4) is 0 Å². The smallest absolute Gasteiger partial charge is 0.130 e. The molecule has 0 spiro atoms. The van der Waals surface area contributed by atoms with Crippen LogP contribution in [0.2, 0.25) is 0 Å². The molecule has 2 heterocycles. The van der Waals surface area contributed by atoms with Gasteiger partial charge in [0.15, 0.2) is 0 Å². The lowest BCUT2D eigenvalue weighted by atomic mass is 10.2. The summed E-state index contributed by atoms with van der Waals surface area (Å²) in [6, 6.07) is 6.13. The van der Waals surface area contributed by atoms with Crippen molar-refractivity contribution in [2.24, 2.45) is 0 Å². The molecule has 0 aromatic carbocycles. The van der Waals surface area contributed by atoms with Gasteiger partial charge in [0.25, 0.3) is 0 Å². The summed E-state index contributed by atoms with van der Waals surface area (Å²) in [5, 5.41) is 13.0. The van der Waals surface area contributed by atoms with Crippen LogP contribution in [0.1, 0.15) is 38.2 Å². The number of thiophene rings is 2. The summed E-state index contributed by atoms with van der Waals surface area (Å²) in [7, 11) is 0. The lowest BCUT2D eigenvalue weighted by Gasteiger charge is -2.02. The van der Waals surface area contributed by atoms with Gasteiger partial charge in [0.2, 0.25) is 0 Å². The Morgan fingerprint density at radius 3 is 2.95 bits per heavy atom. The third-order valence-corrected chi connectivity index (χ3v) is 4.85. The predicted molar refractivity (Wildman–Crippen MR) is 82.0 cm³/mol. The van der Waals surface area contributed by atoms with E-state index in [0.29, 0.717) is 0 Å². The molecule has 0 saturated heterocycles. The fourth-order valence-corrected chi connectivity index (χ4v) is 3.65. The van der Waals surface area contributed by atoms with Gasteiger partial charge in [0.05, 0.1) is 17.0 Å². The fourth-order valence-electron chi connectivity index (χ4n) is 1.82. The van der Waals surface area contributed by atoms with Crippen molar-refractivity contribution in [3.63, 3.8) is 0 Å². The van der Waals surface area contributed by atoms with E-state index in [2.05, 4.69) is 13.0 Å². The summed E-state index contributed by atoms with van der Waals surface area (Å²) in [6.45, 7) is 2.99. The molecular weight excluding hydrogens is 274 g/mol. The average Bonchev–Trinajstić information content (AvgIpc) is 3.06. The highest BCUT2D eigenvalue weighted by atomic mass is 32.1. The maximum Gasteiger partial charge on any atom is 0.130 e. The van der Waals surface area contributed by atoms with Gasteiger partial charge in [-0.15, -0.1) is 22.7 Å². The molecule has 0 aliphatic heterocycles. The Morgan fingerprint density at radius 2 is 2.16 bits per heavy atom. The standard InChI is InChI=1S/C15H17NOS2/c1-2-3-4-5-7-17-13-9-14(19-11-13)15-12(10-16)6-8-18-15/h6,8-9,11H,2-5,7H2,1H3. The number of ether oxygens (including phenoxy) is 1. The van der Waals surface area contributed by atoms with Crippen LogP contribution in [0.25, 0.3) is 9.75 Å². The summed E-state index contributed by atoms with van der Waals surface area (Å²) in [4.78, 5) is 2.17. The number of nitriles is 1. The molecule has 0 saturated carbocycles. The van der Waals surface area contributed by atoms with Crippen molar-refractivity contribution in [2.45, 2.75) is 32.6 Å². The van der Waals surface area contributed by atoms with Gasteiger partial charge < -0.3 is 4.74 Å². The Bertz CT molecular complexity index is 550. The van der Waals surface area contributed by atoms with Crippen LogP contribution < -0.4 is 4.74 Å². The van der Waals surface area contributed by atoms with Crippen molar-refractivity contribution >= 4 is 22.7 Å². The SMILES string of the molecule is CCCCCCOc1csc(-c2sccc2C#N)c1. The van der Waals surface area contributed by atoms with E-state index < -0.39 is 0 Å². The first-order valence-electron chi connectivity index (χ1n) is 6.54. The first-order valence-corrected chi connectivity index (χ1v) is 8.30. The lowest BCUT2D eigenvalue weighted by molar-refractivity contribution is 0.306. The normalized spacial score (nSPS) is 10.3. The Kier molecular flexibility index (Phi) is 5.44. The van der Waals surface area contributed by atoms with E-state index in [1.165, 1.54) is 19.3 Å². The van der Waals surface area contributed by atoms with E-state index in [-0.39, 0.29) is 0 Å². The van der Waals surface area contributed by atoms with Gasteiger partial charge in [0.1, 0.15) is 11.8 Å². The highest BCUT2D eigenvalue weighted by Gasteiger charge is 2.09. The Balaban J connectivity index is 1.91. The first-order chi connectivity index (χ1) is 9.35. The van der Waals surface area contributed by atoms with Crippen LogP contribution in [-0.4, -0.2) is 6.61 Å². The minimum atomic E-state index is 0.751. The molecule has 19 heavy (non-hydrogen) atoms. The second kappa shape index (κ2) is 7.32. The molecule has 0 atom stereocenters. The van der Waals surface area contributed by atoms with Crippen molar-refractivity contribution in [2.75, 3.05) is 6.61 Å². The Hall–Kier alpha value is -1.31. The van der Waals surface area contributed by atoms with Crippen molar-refractivity contribution < 1.29 is 4.74 Å². The van der Waals surface area contributed by atoms with Gasteiger partial charge in [-0.2, -0.15) is 5.26 Å². The van der Waals surface area contributed by atoms with Crippen LogP contribution in [0.5, 0.6) is 5.75 Å². The molecule has 2 aromatic heterocycles. The lowest BCUT2D eigenvalue weighted by Crippen LogP contribution is -1.95. The van der Waals surface area contributed by atoms with Gasteiger partial charge in [-0.1, -0.05) is 26.2 Å². The van der Waals surface area contributed by atoms with Crippen LogP contribution in [0, 0.1) is 11.3 Å². The van der Waals surface area contributed by atoms with Crippen LogP contribution in [0.15, 0.2) is 22.9 Å². The largest absolute Gasteiger partial charge is 0.493 e. The van der Waals surface area contributed by atoms with E-state index >= 15 is 0 Å². The van der Waals surface area contributed by atoms with Gasteiger partial charge in [-0.25, -0.2) is 0 Å². The number of hydrogen-bond donors (Lipinski definition) is 0. The number of unbranched alkanes of at least 4 members (excludes halogenated alkanes) is 3. The molecule has 2 aromatic rings. The zero-order chi connectivity index (χ0) is 13.5. The van der Waals surface area contributed by atoms with Crippen molar-refractivity contribution in [3.8, 4) is 21.6 Å². The maximum atomic E-state index is 9.03. The molecule has 0 aliphatic carbocycles. The molecule has 100 valence electrons. The highest BCUT2D eigenvalue weighted by molar-refractivity contribution is 7.20. The highest BCUT2D eigenvalue weighted by Crippen LogP contribution is 2.36. The van der Waals surface area contributed by atoms with Gasteiger partial charge >= 0.3 is 0 Å². The van der Waals surface area contributed by atoms with Crippen LogP contribution in [-0.2, 0) is 0 Å². The topological polar surface area (TPSA) is 33.0 Å². The zero-order valence-electron chi connectivity index (χ0n) is 11.0. The van der Waals surface area contributed by atoms with E-state index in [4.69, 9.17) is 10.00 Å². The molecule has 0 aliphatic rings. The molecular formula is C15H17NOS2. The van der Waals surface area contributed by atoms with Crippen LogP contribution >= 0.6 is 22.7 Å². The summed E-state index contributed by atoms with van der Waals surface area (Å²) in [5.74, 6) is 0.925. The van der Waals surface area contributed by atoms with Gasteiger partial charge in [0, 0.05) is 10.3 Å². The molecule has 0 amide bonds. The first kappa shape index (κ1) is 14.1. The predicted octanol–water partition coefficient (Wildman–Crippen LogP) is 5.31. The second-order valence-corrected chi connectivity index (χ2v) is 6.16. The third kappa shape index (κ3) is 3.82. The summed E-state index contributed by atoms with van der Waals surface area (Å²) < 4.78 is 5.74. The van der Waals surface area contributed by atoms with Crippen LogP contribution in [0.4, 0.5) is 0 Å². The Labute approximate surface area is 122 Å². The molecule has 4 heteroatoms. The fraction of sp³-hybridized carbons (Fsp3) is 0.400. The van der Waals surface area contributed by atoms with Gasteiger partial charge in [-0.05, 0) is 23.9 Å².